The third-order valence-corrected chi connectivity index (χ3v) is 2.36. The maximum atomic E-state index is 5.55. The van der Waals surface area contributed by atoms with E-state index in [2.05, 4.69) is 4.98 Å². The van der Waals surface area contributed by atoms with Crippen molar-refractivity contribution >= 4 is 22.3 Å². The number of hydrogen-bond donors (Lipinski definition) is 1. The molecule has 0 aliphatic rings. The van der Waals surface area contributed by atoms with Gasteiger partial charge in [0.05, 0.1) is 0 Å². The van der Waals surface area contributed by atoms with Gasteiger partial charge in [-0.05, 0) is 6.92 Å². The second kappa shape index (κ2) is 2.46. The van der Waals surface area contributed by atoms with Crippen LogP contribution in [-0.4, -0.2) is 19.1 Å². The summed E-state index contributed by atoms with van der Waals surface area (Å²) >= 11 is 1.61. The molecule has 0 aliphatic carbocycles. The van der Waals surface area contributed by atoms with E-state index in [9.17, 15) is 0 Å². The molecule has 0 fully saturated rings. The molecule has 1 aromatic heterocycles. The first-order valence-corrected chi connectivity index (χ1v) is 3.83. The van der Waals surface area contributed by atoms with Gasteiger partial charge in [-0.15, -0.1) is 0 Å². The Hall–Kier alpha value is -0.770. The van der Waals surface area contributed by atoms with Crippen LogP contribution in [0.4, 0.5) is 10.9 Å². The van der Waals surface area contributed by atoms with Crippen LogP contribution in [-0.2, 0) is 0 Å². The molecule has 0 saturated carbocycles. The van der Waals surface area contributed by atoms with Crippen LogP contribution in [0, 0.1) is 6.92 Å². The van der Waals surface area contributed by atoms with Crippen molar-refractivity contribution in [3.05, 3.63) is 4.88 Å². The molecule has 2 N–H and O–H groups in total. The van der Waals surface area contributed by atoms with Gasteiger partial charge < -0.3 is 10.6 Å². The van der Waals surface area contributed by atoms with E-state index < -0.39 is 0 Å². The van der Waals surface area contributed by atoms with Crippen molar-refractivity contribution in [2.75, 3.05) is 24.7 Å². The van der Waals surface area contributed by atoms with Crippen LogP contribution in [0.15, 0.2) is 0 Å². The molecule has 0 aliphatic heterocycles. The van der Waals surface area contributed by atoms with Crippen LogP contribution in [0.25, 0.3) is 0 Å². The van der Waals surface area contributed by atoms with Crippen LogP contribution < -0.4 is 10.6 Å². The van der Waals surface area contributed by atoms with E-state index in [0.717, 1.165) is 10.0 Å². The zero-order chi connectivity index (χ0) is 7.72. The van der Waals surface area contributed by atoms with E-state index in [-0.39, 0.29) is 0 Å². The highest BCUT2D eigenvalue weighted by atomic mass is 32.1. The fourth-order valence-electron chi connectivity index (χ4n) is 0.585. The molecule has 0 atom stereocenters. The summed E-state index contributed by atoms with van der Waals surface area (Å²) < 4.78 is 0. The third kappa shape index (κ3) is 1.21. The fraction of sp³-hybridized carbons (Fsp3) is 0.500. The smallest absolute Gasteiger partial charge is 0.187 e. The Labute approximate surface area is 64.5 Å². The second-order valence-electron chi connectivity index (χ2n) is 2.33. The largest absolute Gasteiger partial charge is 0.383 e. The summed E-state index contributed by atoms with van der Waals surface area (Å²) in [6.07, 6.45) is 0. The number of nitrogens with zero attached hydrogens (tertiary/aromatic N) is 2. The summed E-state index contributed by atoms with van der Waals surface area (Å²) in [5, 5.41) is 0.968. The van der Waals surface area contributed by atoms with Gasteiger partial charge in [0.25, 0.3) is 0 Å². The number of aryl methyl sites for hydroxylation is 1. The van der Waals surface area contributed by atoms with Crippen LogP contribution in [0.5, 0.6) is 0 Å². The number of rotatable bonds is 1. The predicted octanol–water partition coefficient (Wildman–Crippen LogP) is 1.10. The Bertz CT molecular complexity index is 209. The molecule has 0 spiro atoms. The first kappa shape index (κ1) is 7.34. The van der Waals surface area contributed by atoms with Gasteiger partial charge >= 0.3 is 0 Å². The Morgan fingerprint density at radius 1 is 1.50 bits per heavy atom. The van der Waals surface area contributed by atoms with Gasteiger partial charge in [0, 0.05) is 19.0 Å². The topological polar surface area (TPSA) is 42.2 Å². The van der Waals surface area contributed by atoms with Gasteiger partial charge in [0.15, 0.2) is 5.13 Å². The monoisotopic (exact) mass is 157 g/mol. The van der Waals surface area contributed by atoms with Crippen molar-refractivity contribution in [1.29, 1.82) is 0 Å². The van der Waals surface area contributed by atoms with Gasteiger partial charge in [0.2, 0.25) is 0 Å². The SMILES string of the molecule is Cc1sc(N(C)C)nc1N. The van der Waals surface area contributed by atoms with Gasteiger partial charge in [0.1, 0.15) is 5.82 Å². The molecule has 0 bridgehead atoms. The maximum Gasteiger partial charge on any atom is 0.187 e. The maximum absolute atomic E-state index is 5.55. The van der Waals surface area contributed by atoms with Crippen molar-refractivity contribution in [2.45, 2.75) is 6.92 Å². The lowest BCUT2D eigenvalue weighted by atomic mass is 10.6. The molecular weight excluding hydrogens is 146 g/mol. The third-order valence-electron chi connectivity index (χ3n) is 1.20. The van der Waals surface area contributed by atoms with Crippen molar-refractivity contribution in [3.8, 4) is 0 Å². The molecule has 56 valence electrons. The minimum atomic E-state index is 0.647. The molecule has 0 amide bonds. The lowest BCUT2D eigenvalue weighted by Gasteiger charge is -2.04. The van der Waals surface area contributed by atoms with Crippen LogP contribution in [0.1, 0.15) is 4.88 Å². The fourth-order valence-corrected chi connectivity index (χ4v) is 1.34. The van der Waals surface area contributed by atoms with Crippen molar-refractivity contribution in [1.82, 2.24) is 4.98 Å². The first-order valence-electron chi connectivity index (χ1n) is 3.01. The molecular formula is C6H11N3S. The minimum absolute atomic E-state index is 0.647. The van der Waals surface area contributed by atoms with Gasteiger partial charge in [-0.2, -0.15) is 0 Å². The van der Waals surface area contributed by atoms with Crippen molar-refractivity contribution < 1.29 is 0 Å². The molecule has 3 nitrogen and oxygen atoms in total. The molecule has 1 aromatic rings. The average Bonchev–Trinajstić information content (AvgIpc) is 2.13. The van der Waals surface area contributed by atoms with Crippen molar-refractivity contribution in [3.63, 3.8) is 0 Å². The summed E-state index contributed by atoms with van der Waals surface area (Å²) in [6, 6.07) is 0. The molecule has 0 radical (unpaired) electrons. The highest BCUT2D eigenvalue weighted by molar-refractivity contribution is 7.16. The summed E-state index contributed by atoms with van der Waals surface area (Å²) in [5.74, 6) is 0.647. The van der Waals surface area contributed by atoms with E-state index in [0.29, 0.717) is 5.82 Å². The van der Waals surface area contributed by atoms with E-state index in [1.54, 1.807) is 11.3 Å². The van der Waals surface area contributed by atoms with E-state index in [4.69, 9.17) is 5.73 Å². The number of hydrogen-bond acceptors (Lipinski definition) is 4. The zero-order valence-corrected chi connectivity index (χ0v) is 7.20. The minimum Gasteiger partial charge on any atom is -0.383 e. The highest BCUT2D eigenvalue weighted by Gasteiger charge is 2.04. The van der Waals surface area contributed by atoms with E-state index >= 15 is 0 Å². The number of thiazole rings is 1. The molecule has 0 saturated heterocycles. The molecule has 10 heavy (non-hydrogen) atoms. The molecule has 0 unspecified atom stereocenters. The lowest BCUT2D eigenvalue weighted by molar-refractivity contribution is 1.11. The predicted molar refractivity (Wildman–Crippen MR) is 45.6 cm³/mol. The lowest BCUT2D eigenvalue weighted by Crippen LogP contribution is -2.07. The van der Waals surface area contributed by atoms with Gasteiger partial charge in [-0.1, -0.05) is 11.3 Å². The first-order chi connectivity index (χ1) is 4.61. The number of aromatic nitrogens is 1. The summed E-state index contributed by atoms with van der Waals surface area (Å²) in [7, 11) is 3.91. The number of anilines is 2. The molecule has 1 heterocycles. The van der Waals surface area contributed by atoms with Crippen molar-refractivity contribution in [2.24, 2.45) is 0 Å². The quantitative estimate of drug-likeness (QED) is 0.663. The standard InChI is InChI=1S/C6H11N3S/c1-4-5(7)8-6(10-4)9(2)3/h7H2,1-3H3. The second-order valence-corrected chi connectivity index (χ2v) is 3.51. The van der Waals surface area contributed by atoms with Gasteiger partial charge in [-0.25, -0.2) is 4.98 Å². The Morgan fingerprint density at radius 2 is 2.10 bits per heavy atom. The normalized spacial score (nSPS) is 9.90. The summed E-state index contributed by atoms with van der Waals surface area (Å²) in [6.45, 7) is 1.97. The molecule has 4 heteroatoms. The Morgan fingerprint density at radius 3 is 2.30 bits per heavy atom. The van der Waals surface area contributed by atoms with Gasteiger partial charge in [-0.3, -0.25) is 0 Å². The Kier molecular flexibility index (Phi) is 1.80. The van der Waals surface area contributed by atoms with Crippen LogP contribution in [0.2, 0.25) is 0 Å². The summed E-state index contributed by atoms with van der Waals surface area (Å²) in [4.78, 5) is 7.17. The number of nitrogens with two attached hydrogens (primary N) is 1. The zero-order valence-electron chi connectivity index (χ0n) is 6.38. The molecule has 1 rings (SSSR count). The average molecular weight is 157 g/mol. The molecule has 0 aromatic carbocycles. The van der Waals surface area contributed by atoms with E-state index in [1.807, 2.05) is 25.9 Å². The van der Waals surface area contributed by atoms with E-state index in [1.165, 1.54) is 0 Å². The number of nitrogen functional groups attached to an aromatic ring is 1. The Balaban J connectivity index is 2.98. The highest BCUT2D eigenvalue weighted by Crippen LogP contribution is 2.24. The van der Waals surface area contributed by atoms with Crippen LogP contribution >= 0.6 is 11.3 Å². The summed E-state index contributed by atoms with van der Waals surface area (Å²) in [5.41, 5.74) is 5.55. The van der Waals surface area contributed by atoms with Crippen LogP contribution in [0.3, 0.4) is 0 Å².